The maximum Gasteiger partial charge on any atom is 0.264 e. The quantitative estimate of drug-likeness (QED) is 0.870. The van der Waals surface area contributed by atoms with Crippen LogP contribution in [0.5, 0.6) is 0 Å². The van der Waals surface area contributed by atoms with Crippen molar-refractivity contribution in [3.8, 4) is 0 Å². The van der Waals surface area contributed by atoms with Gasteiger partial charge in [0.1, 0.15) is 5.82 Å². The summed E-state index contributed by atoms with van der Waals surface area (Å²) in [4.78, 5) is 22.0. The molecule has 116 valence electrons. The number of thiophene rings is 1. The van der Waals surface area contributed by atoms with E-state index in [-0.39, 0.29) is 11.9 Å². The molecule has 22 heavy (non-hydrogen) atoms. The van der Waals surface area contributed by atoms with Gasteiger partial charge in [0, 0.05) is 26.8 Å². The van der Waals surface area contributed by atoms with Crippen molar-refractivity contribution in [2.45, 2.75) is 25.8 Å². The van der Waals surface area contributed by atoms with Gasteiger partial charge in [-0.25, -0.2) is 4.98 Å². The molecule has 5 heteroatoms. The summed E-state index contributed by atoms with van der Waals surface area (Å²) in [5.74, 6) is 1.09. The Hall–Kier alpha value is -1.88. The van der Waals surface area contributed by atoms with E-state index in [0.717, 1.165) is 35.6 Å². The lowest BCUT2D eigenvalue weighted by molar-refractivity contribution is 0.0740. The van der Waals surface area contributed by atoms with Crippen LogP contribution in [-0.2, 0) is 0 Å². The van der Waals surface area contributed by atoms with Gasteiger partial charge in [0.15, 0.2) is 0 Å². The molecule has 0 bridgehead atoms. The summed E-state index contributed by atoms with van der Waals surface area (Å²) in [5, 5.41) is 2.04. The molecule has 1 amide bonds. The summed E-state index contributed by atoms with van der Waals surface area (Å²) in [6.45, 7) is 2.86. The normalized spacial score (nSPS) is 17.8. The Labute approximate surface area is 135 Å². The van der Waals surface area contributed by atoms with Crippen molar-refractivity contribution < 1.29 is 4.79 Å². The third kappa shape index (κ3) is 2.86. The van der Waals surface area contributed by atoms with Gasteiger partial charge < -0.3 is 9.80 Å². The fraction of sp³-hybridized carbons (Fsp3) is 0.412. The maximum absolute atomic E-state index is 12.8. The topological polar surface area (TPSA) is 36.4 Å². The number of anilines is 1. The molecule has 3 heterocycles. The lowest BCUT2D eigenvalue weighted by atomic mass is 10.1. The van der Waals surface area contributed by atoms with E-state index in [0.29, 0.717) is 0 Å². The predicted octanol–water partition coefficient (Wildman–Crippen LogP) is 3.49. The molecule has 3 rings (SSSR count). The second kappa shape index (κ2) is 6.08. The lowest BCUT2D eigenvalue weighted by Gasteiger charge is -2.25. The van der Waals surface area contributed by atoms with Crippen LogP contribution in [0.25, 0.3) is 0 Å². The SMILES string of the molecule is Cc1csc(C(=O)N2CCC[C@H]2c2ccnc(N(C)C)c2)c1. The number of nitrogens with zero attached hydrogens (tertiary/aromatic N) is 3. The zero-order valence-corrected chi connectivity index (χ0v) is 14.1. The Balaban J connectivity index is 1.87. The maximum atomic E-state index is 12.8. The van der Waals surface area contributed by atoms with Crippen LogP contribution in [0, 0.1) is 6.92 Å². The van der Waals surface area contributed by atoms with Crippen LogP contribution in [0.15, 0.2) is 29.8 Å². The highest BCUT2D eigenvalue weighted by atomic mass is 32.1. The zero-order valence-electron chi connectivity index (χ0n) is 13.2. The Morgan fingerprint density at radius 2 is 2.23 bits per heavy atom. The van der Waals surface area contributed by atoms with Gasteiger partial charge in [0.25, 0.3) is 5.91 Å². The van der Waals surface area contributed by atoms with Crippen molar-refractivity contribution in [2.75, 3.05) is 25.5 Å². The number of carbonyl (C=O) groups excluding carboxylic acids is 1. The predicted molar refractivity (Wildman–Crippen MR) is 90.6 cm³/mol. The van der Waals surface area contributed by atoms with Gasteiger partial charge in [-0.05, 0) is 54.5 Å². The molecule has 0 aliphatic carbocycles. The number of hydrogen-bond donors (Lipinski definition) is 0. The summed E-state index contributed by atoms with van der Waals surface area (Å²) in [6.07, 6.45) is 3.91. The van der Waals surface area contributed by atoms with E-state index >= 15 is 0 Å². The van der Waals surface area contributed by atoms with Gasteiger partial charge in [-0.1, -0.05) is 0 Å². The van der Waals surface area contributed by atoms with Crippen LogP contribution in [0.3, 0.4) is 0 Å². The van der Waals surface area contributed by atoms with Crippen LogP contribution in [0.2, 0.25) is 0 Å². The van der Waals surface area contributed by atoms with Gasteiger partial charge in [0.2, 0.25) is 0 Å². The third-order valence-electron chi connectivity index (χ3n) is 4.07. The van der Waals surface area contributed by atoms with E-state index in [4.69, 9.17) is 0 Å². The fourth-order valence-corrected chi connectivity index (χ4v) is 3.78. The highest BCUT2D eigenvalue weighted by molar-refractivity contribution is 7.12. The van der Waals surface area contributed by atoms with Crippen LogP contribution < -0.4 is 4.90 Å². The van der Waals surface area contributed by atoms with E-state index in [2.05, 4.69) is 11.1 Å². The highest BCUT2D eigenvalue weighted by Crippen LogP contribution is 2.34. The molecule has 0 saturated carbocycles. The molecule has 1 aliphatic rings. The summed E-state index contributed by atoms with van der Waals surface area (Å²) in [6, 6.07) is 6.27. The van der Waals surface area contributed by atoms with Gasteiger partial charge in [-0.3, -0.25) is 4.79 Å². The van der Waals surface area contributed by atoms with Gasteiger partial charge in [0.05, 0.1) is 10.9 Å². The minimum atomic E-state index is 0.156. The molecular weight excluding hydrogens is 294 g/mol. The van der Waals surface area contributed by atoms with Gasteiger partial charge in [-0.15, -0.1) is 11.3 Å². The molecule has 0 unspecified atom stereocenters. The van der Waals surface area contributed by atoms with Crippen LogP contribution >= 0.6 is 11.3 Å². The highest BCUT2D eigenvalue weighted by Gasteiger charge is 2.31. The van der Waals surface area contributed by atoms with Crippen molar-refractivity contribution >= 4 is 23.1 Å². The van der Waals surface area contributed by atoms with Crippen molar-refractivity contribution in [2.24, 2.45) is 0 Å². The monoisotopic (exact) mass is 315 g/mol. The minimum absolute atomic E-state index is 0.156. The smallest absolute Gasteiger partial charge is 0.264 e. The molecule has 1 atom stereocenters. The summed E-state index contributed by atoms with van der Waals surface area (Å²) in [7, 11) is 3.97. The summed E-state index contributed by atoms with van der Waals surface area (Å²) >= 11 is 1.54. The molecule has 0 aromatic carbocycles. The number of amides is 1. The Bertz CT molecular complexity index is 680. The number of aromatic nitrogens is 1. The first kappa shape index (κ1) is 15.0. The molecule has 4 nitrogen and oxygen atoms in total. The average Bonchev–Trinajstić information content (AvgIpc) is 3.15. The lowest BCUT2D eigenvalue weighted by Crippen LogP contribution is -2.30. The first-order chi connectivity index (χ1) is 10.6. The number of carbonyl (C=O) groups is 1. The summed E-state index contributed by atoms with van der Waals surface area (Å²) < 4.78 is 0. The van der Waals surface area contributed by atoms with Gasteiger partial charge >= 0.3 is 0 Å². The van der Waals surface area contributed by atoms with E-state index in [1.165, 1.54) is 16.9 Å². The first-order valence-corrected chi connectivity index (χ1v) is 8.43. The largest absolute Gasteiger partial charge is 0.363 e. The number of pyridine rings is 1. The molecule has 1 saturated heterocycles. The van der Waals surface area contributed by atoms with Crippen LogP contribution in [0.4, 0.5) is 5.82 Å². The van der Waals surface area contributed by atoms with Crippen molar-refractivity contribution in [3.63, 3.8) is 0 Å². The van der Waals surface area contributed by atoms with Crippen LogP contribution in [-0.4, -0.2) is 36.4 Å². The number of rotatable bonds is 3. The molecule has 1 aliphatic heterocycles. The standard InChI is InChI=1S/C17H21N3OS/c1-12-9-15(22-11-12)17(21)20-8-4-5-14(20)13-6-7-18-16(10-13)19(2)3/h6-7,9-11,14H,4-5,8H2,1-3H3/t14-/m0/s1. The minimum Gasteiger partial charge on any atom is -0.363 e. The molecule has 1 fully saturated rings. The fourth-order valence-electron chi connectivity index (χ4n) is 2.93. The number of aryl methyl sites for hydroxylation is 1. The third-order valence-corrected chi connectivity index (χ3v) is 5.10. The zero-order chi connectivity index (χ0) is 15.7. The van der Waals surface area contributed by atoms with Crippen LogP contribution in [0.1, 0.15) is 39.7 Å². The van der Waals surface area contributed by atoms with Crippen molar-refractivity contribution in [1.29, 1.82) is 0 Å². The molecule has 0 radical (unpaired) electrons. The van der Waals surface area contributed by atoms with Crippen molar-refractivity contribution in [1.82, 2.24) is 9.88 Å². The first-order valence-electron chi connectivity index (χ1n) is 7.55. The molecule has 2 aromatic rings. The summed E-state index contributed by atoms with van der Waals surface area (Å²) in [5.41, 5.74) is 2.33. The number of hydrogen-bond acceptors (Lipinski definition) is 4. The second-order valence-electron chi connectivity index (χ2n) is 5.99. The average molecular weight is 315 g/mol. The van der Waals surface area contributed by atoms with E-state index in [1.54, 1.807) is 0 Å². The van der Waals surface area contributed by atoms with E-state index < -0.39 is 0 Å². The molecular formula is C17H21N3OS. The van der Waals surface area contributed by atoms with E-state index in [9.17, 15) is 4.79 Å². The molecule has 2 aromatic heterocycles. The number of likely N-dealkylation sites (tertiary alicyclic amines) is 1. The van der Waals surface area contributed by atoms with E-state index in [1.807, 2.05) is 54.5 Å². The Morgan fingerprint density at radius 1 is 1.41 bits per heavy atom. The second-order valence-corrected chi connectivity index (χ2v) is 6.90. The molecule has 0 N–H and O–H groups in total. The Morgan fingerprint density at radius 3 is 2.91 bits per heavy atom. The molecule has 0 spiro atoms. The van der Waals surface area contributed by atoms with Crippen molar-refractivity contribution in [3.05, 3.63) is 45.8 Å². The van der Waals surface area contributed by atoms with Gasteiger partial charge in [-0.2, -0.15) is 0 Å². The Kier molecular flexibility index (Phi) is 4.16.